The van der Waals surface area contributed by atoms with E-state index in [1.807, 2.05) is 27.7 Å². The maximum absolute atomic E-state index is 13.1. The van der Waals surface area contributed by atoms with Crippen LogP contribution in [0.1, 0.15) is 61.3 Å². The van der Waals surface area contributed by atoms with E-state index >= 15 is 0 Å². The zero-order valence-electron chi connectivity index (χ0n) is 22.8. The van der Waals surface area contributed by atoms with Gasteiger partial charge in [-0.1, -0.05) is 6.42 Å². The molecule has 2 aliphatic rings. The van der Waals surface area contributed by atoms with E-state index in [0.717, 1.165) is 8.61 Å². The summed E-state index contributed by atoms with van der Waals surface area (Å²) in [4.78, 5) is 23.9. The molecule has 0 aliphatic carbocycles. The molecule has 36 heavy (non-hydrogen) atoms. The van der Waals surface area contributed by atoms with Crippen molar-refractivity contribution in [3.63, 3.8) is 0 Å². The summed E-state index contributed by atoms with van der Waals surface area (Å²) in [6.07, 6.45) is 0.866. The van der Waals surface area contributed by atoms with Gasteiger partial charge in [0.05, 0.1) is 11.2 Å². The van der Waals surface area contributed by atoms with E-state index in [0.29, 0.717) is 19.2 Å². The molecule has 2 aliphatic heterocycles. The Morgan fingerprint density at radius 1 is 1.22 bits per heavy atom. The number of nitrogens with one attached hydrogen (secondary N) is 1. The molecule has 0 aromatic rings. The molecule has 0 bridgehead atoms. The number of rotatable bonds is 10. The van der Waals surface area contributed by atoms with Crippen molar-refractivity contribution in [2.24, 2.45) is 11.7 Å². The smallest absolute Gasteiger partial charge is 0.457 e. The standard InChI is InChI=1S/C22H43BN4O8S/c1-19(2,3)33-18(30)25-12-13-26(8)36(31,32)27-14-16(22(24,15-27)17(28)29)10-9-11-23-34-20(4,5)21(6,7)35-23/h16H,9-15,24H2,1-8H3,(H,25,30)(H,28,29)/t16-,22-/m0/s1. The molecule has 2 heterocycles. The van der Waals surface area contributed by atoms with Crippen LogP contribution in [0, 0.1) is 5.92 Å². The lowest BCUT2D eigenvalue weighted by Crippen LogP contribution is -2.55. The molecule has 2 atom stereocenters. The second kappa shape index (κ2) is 10.7. The van der Waals surface area contributed by atoms with Crippen LogP contribution in [0.25, 0.3) is 0 Å². The maximum Gasteiger partial charge on any atom is 0.457 e. The van der Waals surface area contributed by atoms with Gasteiger partial charge in [0, 0.05) is 39.1 Å². The Hall–Kier alpha value is -1.45. The zero-order valence-corrected chi connectivity index (χ0v) is 23.6. The Kier molecular flexibility index (Phi) is 9.18. The highest BCUT2D eigenvalue weighted by Crippen LogP contribution is 2.39. The summed E-state index contributed by atoms with van der Waals surface area (Å²) >= 11 is 0. The molecule has 0 aromatic heterocycles. The molecule has 0 saturated carbocycles. The van der Waals surface area contributed by atoms with Gasteiger partial charge in [-0.3, -0.25) is 4.79 Å². The second-order valence-electron chi connectivity index (χ2n) is 11.7. The number of carbonyl (C=O) groups is 2. The fourth-order valence-electron chi connectivity index (χ4n) is 4.22. The molecular weight excluding hydrogens is 491 g/mol. The van der Waals surface area contributed by atoms with E-state index in [9.17, 15) is 23.1 Å². The number of hydrogen-bond donors (Lipinski definition) is 3. The number of amides is 1. The molecule has 14 heteroatoms. The van der Waals surface area contributed by atoms with Gasteiger partial charge in [0.25, 0.3) is 10.2 Å². The summed E-state index contributed by atoms with van der Waals surface area (Å²) in [6.45, 7) is 12.7. The SMILES string of the molecule is CN(CCNC(=O)OC(C)(C)C)S(=O)(=O)N1C[C@H](CCCB2OC(C)(C)C(C)(C)O2)[C@](N)(C(=O)O)C1. The van der Waals surface area contributed by atoms with E-state index in [4.69, 9.17) is 19.8 Å². The number of carboxylic acid groups (broad SMARTS) is 1. The van der Waals surface area contributed by atoms with E-state index < -0.39 is 57.7 Å². The summed E-state index contributed by atoms with van der Waals surface area (Å²) in [5.74, 6) is -1.82. The van der Waals surface area contributed by atoms with Crippen LogP contribution >= 0.6 is 0 Å². The van der Waals surface area contributed by atoms with Crippen molar-refractivity contribution in [1.82, 2.24) is 13.9 Å². The predicted octanol–water partition coefficient (Wildman–Crippen LogP) is 1.27. The third kappa shape index (κ3) is 7.10. The van der Waals surface area contributed by atoms with Crippen molar-refractivity contribution in [3.05, 3.63) is 0 Å². The van der Waals surface area contributed by atoms with E-state index in [1.165, 1.54) is 7.05 Å². The zero-order chi connectivity index (χ0) is 27.7. The first-order valence-corrected chi connectivity index (χ1v) is 13.7. The fraction of sp³-hybridized carbons (Fsp3) is 0.909. The Morgan fingerprint density at radius 2 is 1.78 bits per heavy atom. The molecule has 2 rings (SSSR count). The second-order valence-corrected chi connectivity index (χ2v) is 13.7. The van der Waals surface area contributed by atoms with Gasteiger partial charge >= 0.3 is 19.2 Å². The lowest BCUT2D eigenvalue weighted by atomic mass is 9.78. The molecule has 0 unspecified atom stereocenters. The Labute approximate surface area is 215 Å². The van der Waals surface area contributed by atoms with Gasteiger partial charge in [-0.05, 0) is 61.2 Å². The number of nitrogens with zero attached hydrogens (tertiary/aromatic N) is 2. The largest absolute Gasteiger partial charge is 0.480 e. The van der Waals surface area contributed by atoms with Gasteiger partial charge in [-0.15, -0.1) is 0 Å². The van der Waals surface area contributed by atoms with Gasteiger partial charge in [0.2, 0.25) is 0 Å². The highest BCUT2D eigenvalue weighted by molar-refractivity contribution is 7.86. The lowest BCUT2D eigenvalue weighted by molar-refractivity contribution is -0.144. The van der Waals surface area contributed by atoms with Crippen LogP contribution in [0.3, 0.4) is 0 Å². The molecule has 0 spiro atoms. The first-order valence-electron chi connectivity index (χ1n) is 12.3. The number of aliphatic carboxylic acids is 1. The fourth-order valence-corrected chi connectivity index (χ4v) is 5.68. The summed E-state index contributed by atoms with van der Waals surface area (Å²) in [5.41, 5.74) is 2.95. The van der Waals surface area contributed by atoms with Gasteiger partial charge in [-0.25, -0.2) is 4.79 Å². The number of carbonyl (C=O) groups excluding carboxylic acids is 1. The summed E-state index contributed by atoms with van der Waals surface area (Å²) in [7, 11) is -3.05. The summed E-state index contributed by atoms with van der Waals surface area (Å²) in [5, 5.41) is 12.4. The van der Waals surface area contributed by atoms with Gasteiger partial charge in [-0.2, -0.15) is 17.0 Å². The number of ether oxygens (including phenoxy) is 1. The minimum Gasteiger partial charge on any atom is -0.480 e. The van der Waals surface area contributed by atoms with Crippen molar-refractivity contribution < 1.29 is 37.2 Å². The van der Waals surface area contributed by atoms with Gasteiger partial charge < -0.3 is 30.2 Å². The van der Waals surface area contributed by atoms with Crippen LogP contribution in [0.15, 0.2) is 0 Å². The summed E-state index contributed by atoms with van der Waals surface area (Å²) in [6, 6.07) is 0. The monoisotopic (exact) mass is 534 g/mol. The summed E-state index contributed by atoms with van der Waals surface area (Å²) < 4.78 is 45.6. The topological polar surface area (TPSA) is 161 Å². The number of likely N-dealkylation sites (N-methyl/N-ethyl adjacent to an activating group) is 1. The first kappa shape index (κ1) is 30.8. The van der Waals surface area contributed by atoms with Crippen LogP contribution in [0.5, 0.6) is 0 Å². The predicted molar refractivity (Wildman–Crippen MR) is 136 cm³/mol. The van der Waals surface area contributed by atoms with E-state index in [2.05, 4.69) is 5.32 Å². The van der Waals surface area contributed by atoms with Gasteiger partial charge in [0.15, 0.2) is 0 Å². The molecule has 2 fully saturated rings. The van der Waals surface area contributed by atoms with Crippen molar-refractivity contribution in [2.45, 2.75) is 90.0 Å². The molecule has 1 amide bonds. The van der Waals surface area contributed by atoms with Crippen molar-refractivity contribution in [2.75, 3.05) is 33.2 Å². The number of hydrogen-bond acceptors (Lipinski definition) is 8. The highest BCUT2D eigenvalue weighted by atomic mass is 32.2. The van der Waals surface area contributed by atoms with Crippen LogP contribution < -0.4 is 11.1 Å². The van der Waals surface area contributed by atoms with Gasteiger partial charge in [0.1, 0.15) is 11.1 Å². The minimum absolute atomic E-state index is 0.0155. The molecule has 208 valence electrons. The average Bonchev–Trinajstić information content (AvgIpc) is 3.14. The highest BCUT2D eigenvalue weighted by Gasteiger charge is 2.54. The quantitative estimate of drug-likeness (QED) is 0.351. The third-order valence-corrected chi connectivity index (χ3v) is 9.00. The van der Waals surface area contributed by atoms with Crippen molar-refractivity contribution in [3.8, 4) is 0 Å². The van der Waals surface area contributed by atoms with Crippen molar-refractivity contribution >= 4 is 29.4 Å². The average molecular weight is 534 g/mol. The molecular formula is C22H43BN4O8S. The molecule has 4 N–H and O–H groups in total. The first-order chi connectivity index (χ1) is 16.2. The Morgan fingerprint density at radius 3 is 2.28 bits per heavy atom. The third-order valence-electron chi connectivity index (χ3n) is 7.10. The Bertz CT molecular complexity index is 907. The normalized spacial score (nSPS) is 26.4. The molecule has 0 aromatic carbocycles. The van der Waals surface area contributed by atoms with Crippen LogP contribution in [0.2, 0.25) is 6.32 Å². The van der Waals surface area contributed by atoms with Crippen molar-refractivity contribution in [1.29, 1.82) is 0 Å². The van der Waals surface area contributed by atoms with Crippen LogP contribution in [-0.2, 0) is 29.0 Å². The number of carboxylic acids is 1. The van der Waals surface area contributed by atoms with Crippen LogP contribution in [-0.4, -0.2) is 96.9 Å². The number of nitrogens with two attached hydrogens (primary N) is 1. The lowest BCUT2D eigenvalue weighted by Gasteiger charge is -2.32. The Balaban J connectivity index is 1.96. The molecule has 0 radical (unpaired) electrons. The molecule has 2 saturated heterocycles. The van der Waals surface area contributed by atoms with E-state index in [-0.39, 0.29) is 26.2 Å². The number of alkyl carbamates (subject to hydrolysis) is 1. The van der Waals surface area contributed by atoms with E-state index in [1.54, 1.807) is 20.8 Å². The minimum atomic E-state index is -4.00. The maximum atomic E-state index is 13.1. The molecule has 12 nitrogen and oxygen atoms in total. The van der Waals surface area contributed by atoms with Crippen LogP contribution in [0.4, 0.5) is 4.79 Å².